The van der Waals surface area contributed by atoms with Crippen molar-refractivity contribution in [3.05, 3.63) is 65.4 Å². The first-order valence-electron chi connectivity index (χ1n) is 8.40. The van der Waals surface area contributed by atoms with Gasteiger partial charge in [0.15, 0.2) is 11.4 Å². The number of hydrogen-bond donors (Lipinski definition) is 0. The summed E-state index contributed by atoms with van der Waals surface area (Å²) in [6.45, 7) is 5.36. The van der Waals surface area contributed by atoms with E-state index in [1.165, 1.54) is 0 Å². The number of carbonyl (C=O) groups excluding carboxylic acids is 2. The highest BCUT2D eigenvalue weighted by Gasteiger charge is 2.31. The fourth-order valence-electron chi connectivity index (χ4n) is 2.56. The zero-order valence-electron chi connectivity index (χ0n) is 14.9. The fraction of sp³-hybridized carbons (Fsp3) is 0.238. The van der Waals surface area contributed by atoms with Crippen molar-refractivity contribution < 1.29 is 23.8 Å². The molecule has 0 N–H and O–H groups in total. The zero-order valence-corrected chi connectivity index (χ0v) is 14.9. The van der Waals surface area contributed by atoms with Crippen molar-refractivity contribution in [3.63, 3.8) is 0 Å². The van der Waals surface area contributed by atoms with Crippen molar-refractivity contribution in [1.82, 2.24) is 0 Å². The summed E-state index contributed by atoms with van der Waals surface area (Å²) < 4.78 is 16.3. The minimum Gasteiger partial charge on any atom is -0.476 e. The van der Waals surface area contributed by atoms with Gasteiger partial charge < -0.3 is 14.2 Å². The molecule has 5 heteroatoms. The first-order valence-corrected chi connectivity index (χ1v) is 8.40. The van der Waals surface area contributed by atoms with Crippen molar-refractivity contribution in [3.8, 4) is 11.5 Å². The molecule has 0 fully saturated rings. The van der Waals surface area contributed by atoms with Gasteiger partial charge in [-0.05, 0) is 56.7 Å². The molecule has 0 aromatic heterocycles. The van der Waals surface area contributed by atoms with E-state index in [9.17, 15) is 9.59 Å². The second-order valence-electron chi connectivity index (χ2n) is 6.34. The van der Waals surface area contributed by atoms with Crippen LogP contribution in [0, 0.1) is 0 Å². The van der Waals surface area contributed by atoms with Crippen molar-refractivity contribution in [1.29, 1.82) is 0 Å². The lowest BCUT2D eigenvalue weighted by Gasteiger charge is -2.24. The Morgan fingerprint density at radius 1 is 1.12 bits per heavy atom. The summed E-state index contributed by atoms with van der Waals surface area (Å²) in [7, 11) is 0. The second kappa shape index (κ2) is 7.04. The topological polar surface area (TPSA) is 61.8 Å². The van der Waals surface area contributed by atoms with Crippen molar-refractivity contribution in [2.24, 2.45) is 0 Å². The van der Waals surface area contributed by atoms with Gasteiger partial charge in [-0.25, -0.2) is 4.79 Å². The summed E-state index contributed by atoms with van der Waals surface area (Å²) in [6, 6.07) is 14.2. The van der Waals surface area contributed by atoms with E-state index in [4.69, 9.17) is 14.2 Å². The molecule has 0 amide bonds. The molecule has 0 bridgehead atoms. The van der Waals surface area contributed by atoms with Crippen molar-refractivity contribution >= 4 is 17.8 Å². The highest BCUT2D eigenvalue weighted by molar-refractivity contribution is 6.14. The number of para-hydroxylation sites is 1. The summed E-state index contributed by atoms with van der Waals surface area (Å²) in [4.78, 5) is 24.2. The first-order chi connectivity index (χ1) is 12.4. The van der Waals surface area contributed by atoms with Gasteiger partial charge in [-0.1, -0.05) is 24.3 Å². The third kappa shape index (κ3) is 3.61. The molecule has 0 spiro atoms. The van der Waals surface area contributed by atoms with E-state index in [-0.39, 0.29) is 11.5 Å². The number of benzene rings is 2. The number of esters is 1. The van der Waals surface area contributed by atoms with Crippen LogP contribution >= 0.6 is 0 Å². The minimum absolute atomic E-state index is 0.135. The van der Waals surface area contributed by atoms with Crippen LogP contribution in [0.25, 0.3) is 6.08 Å². The van der Waals surface area contributed by atoms with Crippen molar-refractivity contribution in [2.45, 2.75) is 26.4 Å². The molecule has 0 unspecified atom stereocenters. The van der Waals surface area contributed by atoms with Crippen LogP contribution in [-0.4, -0.2) is 24.0 Å². The smallest absolute Gasteiger partial charge is 0.349 e. The van der Waals surface area contributed by atoms with Gasteiger partial charge in [0.2, 0.25) is 5.78 Å². The molecule has 1 heterocycles. The maximum absolute atomic E-state index is 12.3. The summed E-state index contributed by atoms with van der Waals surface area (Å²) in [5.41, 5.74) is 0.277. The molecule has 2 aromatic carbocycles. The highest BCUT2D eigenvalue weighted by Crippen LogP contribution is 2.31. The van der Waals surface area contributed by atoms with Gasteiger partial charge in [-0.15, -0.1) is 0 Å². The Kier molecular flexibility index (Phi) is 4.80. The average molecular weight is 352 g/mol. The molecule has 5 nitrogen and oxygen atoms in total. The summed E-state index contributed by atoms with van der Waals surface area (Å²) in [5, 5.41) is 0. The van der Waals surface area contributed by atoms with Crippen LogP contribution in [0.3, 0.4) is 0 Å². The molecule has 1 aliphatic rings. The molecular formula is C21H20O5. The number of carbonyl (C=O) groups is 2. The first kappa shape index (κ1) is 17.7. The Labute approximate surface area is 152 Å². The number of ether oxygens (including phenoxy) is 3. The Bertz CT molecular complexity index is 862. The van der Waals surface area contributed by atoms with Crippen LogP contribution in [0.2, 0.25) is 0 Å². The van der Waals surface area contributed by atoms with Crippen LogP contribution in [0.1, 0.15) is 36.7 Å². The van der Waals surface area contributed by atoms with E-state index >= 15 is 0 Å². The second-order valence-corrected chi connectivity index (χ2v) is 6.34. The number of fused-ring (bicyclic) bond motifs is 1. The minimum atomic E-state index is -1.08. The molecule has 26 heavy (non-hydrogen) atoms. The monoisotopic (exact) mass is 352 g/mol. The summed E-state index contributed by atoms with van der Waals surface area (Å²) in [5.74, 6) is 0.831. The molecule has 1 aliphatic heterocycles. The van der Waals surface area contributed by atoms with Gasteiger partial charge in [0.25, 0.3) is 0 Å². The fourth-order valence-corrected chi connectivity index (χ4v) is 2.56. The van der Waals surface area contributed by atoms with Crippen LogP contribution < -0.4 is 9.47 Å². The molecule has 3 rings (SSSR count). The van der Waals surface area contributed by atoms with E-state index in [0.717, 1.165) is 5.56 Å². The predicted molar refractivity (Wildman–Crippen MR) is 97.2 cm³/mol. The third-order valence-electron chi connectivity index (χ3n) is 3.89. The number of rotatable bonds is 5. The zero-order chi connectivity index (χ0) is 18.7. The standard InChI is InChI=1S/C21H20O5/c1-4-24-20(23)21(2,3)26-15-11-9-14(10-12-15)13-18-19(22)16-7-5-6-8-17(16)25-18/h5-13H,4H2,1-3H3/b18-13-. The maximum Gasteiger partial charge on any atom is 0.349 e. The number of hydrogen-bond acceptors (Lipinski definition) is 5. The summed E-state index contributed by atoms with van der Waals surface area (Å²) >= 11 is 0. The normalized spacial score (nSPS) is 14.7. The molecule has 0 atom stereocenters. The Morgan fingerprint density at radius 2 is 1.81 bits per heavy atom. The molecule has 0 aliphatic carbocycles. The van der Waals surface area contributed by atoms with Crippen LogP contribution in [0.4, 0.5) is 0 Å². The average Bonchev–Trinajstić information content (AvgIpc) is 2.93. The van der Waals surface area contributed by atoms with E-state index < -0.39 is 11.6 Å². The number of Topliss-reactive ketones (excluding diaryl/α,β-unsaturated/α-hetero) is 1. The van der Waals surface area contributed by atoms with Gasteiger partial charge in [0.1, 0.15) is 11.5 Å². The van der Waals surface area contributed by atoms with Crippen LogP contribution in [-0.2, 0) is 9.53 Å². The molecule has 134 valence electrons. The van der Waals surface area contributed by atoms with Gasteiger partial charge in [-0.3, -0.25) is 4.79 Å². The molecule has 2 aromatic rings. The van der Waals surface area contributed by atoms with Crippen LogP contribution in [0.15, 0.2) is 54.3 Å². The Balaban J connectivity index is 1.73. The number of ketones is 1. The Morgan fingerprint density at radius 3 is 2.46 bits per heavy atom. The SMILES string of the molecule is CCOC(=O)C(C)(C)Oc1ccc(/C=C2\Oc3ccccc3C2=O)cc1. The molecule has 0 saturated heterocycles. The highest BCUT2D eigenvalue weighted by atomic mass is 16.6. The maximum atomic E-state index is 12.3. The van der Waals surface area contributed by atoms with E-state index in [1.54, 1.807) is 69.3 Å². The van der Waals surface area contributed by atoms with E-state index in [0.29, 0.717) is 23.7 Å². The lowest BCUT2D eigenvalue weighted by molar-refractivity contribution is -0.158. The lowest BCUT2D eigenvalue weighted by atomic mass is 10.1. The van der Waals surface area contributed by atoms with E-state index in [2.05, 4.69) is 0 Å². The van der Waals surface area contributed by atoms with Gasteiger partial charge in [0.05, 0.1) is 12.2 Å². The third-order valence-corrected chi connectivity index (χ3v) is 3.89. The number of allylic oxidation sites excluding steroid dienone is 1. The van der Waals surface area contributed by atoms with Crippen LogP contribution in [0.5, 0.6) is 11.5 Å². The van der Waals surface area contributed by atoms with Gasteiger partial charge in [0, 0.05) is 0 Å². The van der Waals surface area contributed by atoms with E-state index in [1.807, 2.05) is 6.07 Å². The quantitative estimate of drug-likeness (QED) is 0.601. The van der Waals surface area contributed by atoms with Crippen molar-refractivity contribution in [2.75, 3.05) is 6.61 Å². The molecular weight excluding hydrogens is 332 g/mol. The van der Waals surface area contributed by atoms with Gasteiger partial charge >= 0.3 is 5.97 Å². The Hall–Kier alpha value is -3.08. The largest absolute Gasteiger partial charge is 0.476 e. The summed E-state index contributed by atoms with van der Waals surface area (Å²) in [6.07, 6.45) is 1.68. The molecule has 0 radical (unpaired) electrons. The lowest BCUT2D eigenvalue weighted by Crippen LogP contribution is -2.39. The molecule has 0 saturated carbocycles. The predicted octanol–water partition coefficient (Wildman–Crippen LogP) is 4.02. The van der Waals surface area contributed by atoms with Gasteiger partial charge in [-0.2, -0.15) is 0 Å².